The highest BCUT2D eigenvalue weighted by Gasteiger charge is 2.27. The summed E-state index contributed by atoms with van der Waals surface area (Å²) < 4.78 is 24.8. The number of ketones is 1. The van der Waals surface area contributed by atoms with Gasteiger partial charge in [0.05, 0.1) is 32.9 Å². The summed E-state index contributed by atoms with van der Waals surface area (Å²) in [5.41, 5.74) is 0.236. The molecule has 0 atom stereocenters. The minimum Gasteiger partial charge on any atom is -0.453 e. The van der Waals surface area contributed by atoms with Gasteiger partial charge in [-0.05, 0) is 69.5 Å². The Balaban J connectivity index is 1.25. The zero-order valence-electron chi connectivity index (χ0n) is 24.5. The van der Waals surface area contributed by atoms with Crippen LogP contribution in [0, 0.1) is 12.7 Å². The Morgan fingerprint density at radius 2 is 1.86 bits per heavy atom. The second-order valence-corrected chi connectivity index (χ2v) is 12.7. The molecular weight excluding hydrogens is 583 g/mol. The van der Waals surface area contributed by atoms with Crippen molar-refractivity contribution < 1.29 is 23.8 Å². The van der Waals surface area contributed by atoms with Gasteiger partial charge in [-0.1, -0.05) is 24.3 Å². The van der Waals surface area contributed by atoms with Crippen LogP contribution in [-0.4, -0.2) is 42.8 Å². The zero-order chi connectivity index (χ0) is 31.2. The number of halogens is 1. The molecule has 226 valence electrons. The molecule has 0 bridgehead atoms. The van der Waals surface area contributed by atoms with Gasteiger partial charge >= 0.3 is 0 Å². The second kappa shape index (κ2) is 11.5. The van der Waals surface area contributed by atoms with Crippen LogP contribution in [0.3, 0.4) is 0 Å². The van der Waals surface area contributed by atoms with Gasteiger partial charge in [0, 0.05) is 30.4 Å². The van der Waals surface area contributed by atoms with Crippen molar-refractivity contribution in [3.8, 4) is 17.2 Å². The van der Waals surface area contributed by atoms with Gasteiger partial charge in [-0.2, -0.15) is 0 Å². The van der Waals surface area contributed by atoms with Crippen LogP contribution in [0.1, 0.15) is 58.0 Å². The van der Waals surface area contributed by atoms with Gasteiger partial charge in [-0.25, -0.2) is 9.07 Å². The number of para-hydroxylation sites is 1. The van der Waals surface area contributed by atoms with Crippen molar-refractivity contribution in [3.05, 3.63) is 105 Å². The second-order valence-electron chi connectivity index (χ2n) is 11.6. The Kier molecular flexibility index (Phi) is 7.68. The number of amides is 1. The molecule has 6 rings (SSSR count). The Hall–Kier alpha value is -4.61. The Morgan fingerprint density at radius 1 is 1.11 bits per heavy atom. The summed E-state index contributed by atoms with van der Waals surface area (Å²) in [4.78, 5) is 44.4. The summed E-state index contributed by atoms with van der Waals surface area (Å²) in [6, 6.07) is 16.6. The average Bonchev–Trinajstić information content (AvgIpc) is 3.61. The van der Waals surface area contributed by atoms with Gasteiger partial charge < -0.3 is 15.2 Å². The van der Waals surface area contributed by atoms with E-state index in [-0.39, 0.29) is 36.2 Å². The lowest BCUT2D eigenvalue weighted by molar-refractivity contribution is 0.0545. The van der Waals surface area contributed by atoms with Crippen molar-refractivity contribution in [3.63, 3.8) is 0 Å². The molecule has 11 heteroatoms. The molecule has 2 N–H and O–H groups in total. The Labute approximate surface area is 256 Å². The number of ether oxygens (including phenoxy) is 1. The number of benzene rings is 2. The molecule has 2 aromatic carbocycles. The van der Waals surface area contributed by atoms with Crippen LogP contribution in [0.5, 0.6) is 11.5 Å². The molecule has 1 fully saturated rings. The first kappa shape index (κ1) is 29.5. The van der Waals surface area contributed by atoms with Gasteiger partial charge in [0.2, 0.25) is 0 Å². The van der Waals surface area contributed by atoms with Crippen molar-refractivity contribution in [2.45, 2.75) is 58.2 Å². The van der Waals surface area contributed by atoms with E-state index in [0.29, 0.717) is 37.8 Å². The SMILES string of the molecule is Cc1c(C(=O)Cc2ccc(Oc3ccnc4cc(C(=O)NC5CC5)sc34)c(F)c2)c(=O)n(-c2ccccc2)n1CC(C)(C)O. The molecule has 44 heavy (non-hydrogen) atoms. The van der Waals surface area contributed by atoms with Crippen molar-refractivity contribution in [1.82, 2.24) is 19.7 Å². The van der Waals surface area contributed by atoms with E-state index in [1.807, 2.05) is 6.07 Å². The molecule has 1 amide bonds. The number of thiophene rings is 1. The third-order valence-electron chi connectivity index (χ3n) is 7.31. The van der Waals surface area contributed by atoms with E-state index in [1.165, 1.54) is 34.3 Å². The largest absolute Gasteiger partial charge is 0.453 e. The lowest BCUT2D eigenvalue weighted by Gasteiger charge is -2.22. The van der Waals surface area contributed by atoms with E-state index in [1.54, 1.807) is 67.9 Å². The molecule has 0 saturated heterocycles. The van der Waals surface area contributed by atoms with Crippen molar-refractivity contribution in [1.29, 1.82) is 0 Å². The number of carbonyl (C=O) groups is 2. The maximum Gasteiger partial charge on any atom is 0.282 e. The monoisotopic (exact) mass is 614 g/mol. The van der Waals surface area contributed by atoms with Gasteiger partial charge in [-0.3, -0.25) is 24.0 Å². The number of hydrogen-bond donors (Lipinski definition) is 2. The lowest BCUT2D eigenvalue weighted by Crippen LogP contribution is -2.32. The van der Waals surface area contributed by atoms with Crippen molar-refractivity contribution in [2.75, 3.05) is 0 Å². The van der Waals surface area contributed by atoms with Gasteiger partial charge in [0.25, 0.3) is 11.5 Å². The molecular formula is C33H31FN4O5S. The van der Waals surface area contributed by atoms with E-state index in [9.17, 15) is 19.5 Å². The number of carbonyl (C=O) groups excluding carboxylic acids is 2. The summed E-state index contributed by atoms with van der Waals surface area (Å²) in [5.74, 6) is -1.00. The van der Waals surface area contributed by atoms with Crippen LogP contribution in [0.2, 0.25) is 0 Å². The van der Waals surface area contributed by atoms with Crippen molar-refractivity contribution >= 4 is 33.2 Å². The van der Waals surface area contributed by atoms with Crippen LogP contribution in [0.15, 0.2) is 71.7 Å². The first-order valence-corrected chi connectivity index (χ1v) is 15.1. The normalized spacial score (nSPS) is 13.3. The summed E-state index contributed by atoms with van der Waals surface area (Å²) in [7, 11) is 0. The molecule has 1 aliphatic carbocycles. The molecule has 1 aliphatic rings. The molecule has 0 unspecified atom stereocenters. The Morgan fingerprint density at radius 3 is 2.55 bits per heavy atom. The molecule has 5 aromatic rings. The fraction of sp³-hybridized carbons (Fsp3) is 0.273. The quantitative estimate of drug-likeness (QED) is 0.199. The van der Waals surface area contributed by atoms with Crippen LogP contribution in [-0.2, 0) is 13.0 Å². The molecule has 0 aliphatic heterocycles. The molecule has 0 radical (unpaired) electrons. The minimum absolute atomic E-state index is 0.0164. The fourth-order valence-corrected chi connectivity index (χ4v) is 6.04. The third-order valence-corrected chi connectivity index (χ3v) is 8.44. The fourth-order valence-electron chi connectivity index (χ4n) is 5.07. The first-order valence-electron chi connectivity index (χ1n) is 14.3. The number of Topliss-reactive ketones (excluding diaryl/α,β-unsaturated/α-hetero) is 1. The number of nitrogens with one attached hydrogen (secondary N) is 1. The topological polar surface area (TPSA) is 115 Å². The Bertz CT molecular complexity index is 1950. The zero-order valence-corrected chi connectivity index (χ0v) is 25.3. The first-order chi connectivity index (χ1) is 21.0. The summed E-state index contributed by atoms with van der Waals surface area (Å²) in [6.45, 7) is 5.00. The molecule has 0 spiro atoms. The van der Waals surface area contributed by atoms with Gasteiger partial charge in [0.1, 0.15) is 11.3 Å². The van der Waals surface area contributed by atoms with Gasteiger partial charge in [-0.15, -0.1) is 11.3 Å². The molecule has 9 nitrogen and oxygen atoms in total. The molecule has 3 heterocycles. The van der Waals surface area contributed by atoms with E-state index in [2.05, 4.69) is 10.3 Å². The van der Waals surface area contributed by atoms with E-state index >= 15 is 4.39 Å². The van der Waals surface area contributed by atoms with Crippen LogP contribution >= 0.6 is 11.3 Å². The van der Waals surface area contributed by atoms with Crippen LogP contribution in [0.25, 0.3) is 15.9 Å². The maximum atomic E-state index is 15.3. The van der Waals surface area contributed by atoms with E-state index < -0.39 is 22.8 Å². The number of pyridine rings is 1. The number of hydrogen-bond acceptors (Lipinski definition) is 7. The number of fused-ring (bicyclic) bond motifs is 1. The van der Waals surface area contributed by atoms with Crippen LogP contribution in [0.4, 0.5) is 4.39 Å². The van der Waals surface area contributed by atoms with E-state index in [0.717, 1.165) is 12.8 Å². The number of rotatable bonds is 10. The summed E-state index contributed by atoms with van der Waals surface area (Å²) in [5, 5.41) is 13.5. The van der Waals surface area contributed by atoms with Crippen LogP contribution < -0.4 is 15.6 Å². The lowest BCUT2D eigenvalue weighted by atomic mass is 10.0. The van der Waals surface area contributed by atoms with Gasteiger partial charge in [0.15, 0.2) is 17.3 Å². The summed E-state index contributed by atoms with van der Waals surface area (Å²) in [6.07, 6.45) is 3.28. The third kappa shape index (κ3) is 6.06. The number of aliphatic hydroxyl groups is 1. The average molecular weight is 615 g/mol. The number of aromatic nitrogens is 3. The highest BCUT2D eigenvalue weighted by Crippen LogP contribution is 2.36. The molecule has 3 aromatic heterocycles. The predicted molar refractivity (Wildman–Crippen MR) is 166 cm³/mol. The number of nitrogens with zero attached hydrogens (tertiary/aromatic N) is 3. The predicted octanol–water partition coefficient (Wildman–Crippen LogP) is 5.58. The highest BCUT2D eigenvalue weighted by molar-refractivity contribution is 7.21. The smallest absolute Gasteiger partial charge is 0.282 e. The highest BCUT2D eigenvalue weighted by atomic mass is 32.1. The van der Waals surface area contributed by atoms with Crippen molar-refractivity contribution in [2.24, 2.45) is 0 Å². The maximum absolute atomic E-state index is 15.3. The van der Waals surface area contributed by atoms with E-state index in [4.69, 9.17) is 4.74 Å². The molecule has 1 saturated carbocycles. The standard InChI is InChI=1S/C33H31FN4O5S/c1-19-29(32(41)38(22-7-5-4-6-8-22)37(19)18-33(2,3)42)25(39)16-20-9-12-26(23(34)15-20)43-27-13-14-35-24-17-28(44-30(24)27)31(40)36-21-10-11-21/h4-9,12-15,17,21,42H,10-11,16,18H2,1-3H3,(H,36,40). The summed E-state index contributed by atoms with van der Waals surface area (Å²) >= 11 is 1.23. The minimum atomic E-state index is -1.15.